The summed E-state index contributed by atoms with van der Waals surface area (Å²) in [6.45, 7) is 8.41. The van der Waals surface area contributed by atoms with E-state index in [-0.39, 0.29) is 87.2 Å². The van der Waals surface area contributed by atoms with Crippen LogP contribution in [0.25, 0.3) is 0 Å². The van der Waals surface area contributed by atoms with Gasteiger partial charge in [0.2, 0.25) is 0 Å². The van der Waals surface area contributed by atoms with Crippen molar-refractivity contribution < 1.29 is 76.5 Å². The van der Waals surface area contributed by atoms with Gasteiger partial charge in [-0.25, -0.2) is 0 Å². The summed E-state index contributed by atoms with van der Waals surface area (Å²) < 4.78 is 35.1. The van der Waals surface area contributed by atoms with Gasteiger partial charge in [-0.15, -0.1) is 12.1 Å². The van der Waals surface area contributed by atoms with E-state index in [0.717, 1.165) is 32.1 Å². The fraction of sp³-hybridized carbons (Fsp3) is 0.413. The Kier molecular flexibility index (Phi) is 39.2. The third-order valence-electron chi connectivity index (χ3n) is 8.34. The number of carbonyl (C=O) groups excluding carboxylic acids is 6. The highest BCUT2D eigenvalue weighted by Gasteiger charge is 2.39. The summed E-state index contributed by atoms with van der Waals surface area (Å²) in [6, 6.07) is 0. The number of carboxylic acid groups (broad SMARTS) is 2. The largest absolute Gasteiger partial charge is 0.613 e. The zero-order valence-corrected chi connectivity index (χ0v) is 45.3. The second-order valence-corrected chi connectivity index (χ2v) is 16.9. The number of carbonyl (C=O) groups is 8. The lowest BCUT2D eigenvalue weighted by Gasteiger charge is -2.29. The molecule has 0 spiro atoms. The van der Waals surface area contributed by atoms with Crippen LogP contribution in [0.5, 0.6) is 0 Å². The standard InChI is InChI=1S/C14H20O2.C10H15BO4.2C8H10BIO4.C6H9IO2/c1-2-3-4-5-6-7-8-9-10-11-12-13-14(15)16;1-3-4-8-11(2)14-9(12)6-5-7-10(13)15-11;2*1-9(5-6-10)13-7(11)3-2-4-8(12)14-9;7-5-3-1-2-4-6(8)9/h3-10H,2,11-13H2,1H3,(H,15,16);4,8H,2-3,5-7H2,1H3;2*5-6H,1-4H2;3,5H,1-2,4H2,(H,8,9)/b4-3+,6-5+,8-7+,10-9+;8-4+;2*6-5+;5-3+. The summed E-state index contributed by atoms with van der Waals surface area (Å²) >= 11 is 6.01. The number of halogens is 3. The molecule has 0 bridgehead atoms. The summed E-state index contributed by atoms with van der Waals surface area (Å²) in [6.07, 6.45) is 27.9. The lowest BCUT2D eigenvalue weighted by Crippen LogP contribution is -2.43. The highest BCUT2D eigenvalue weighted by molar-refractivity contribution is 14.1. The first-order chi connectivity index (χ1) is 32.2. The Morgan fingerprint density at radius 3 is 1.06 bits per heavy atom. The highest BCUT2D eigenvalue weighted by Crippen LogP contribution is 2.19. The van der Waals surface area contributed by atoms with Crippen LogP contribution < -0.4 is 0 Å². The molecule has 3 fully saturated rings. The van der Waals surface area contributed by atoms with Crippen LogP contribution in [0.3, 0.4) is 0 Å². The summed E-state index contributed by atoms with van der Waals surface area (Å²) in [7, 11) is 0. The van der Waals surface area contributed by atoms with Gasteiger partial charge >= 0.3 is 31.6 Å². The minimum atomic E-state index is -2.16. The number of carboxylic acids is 2. The first-order valence-electron chi connectivity index (χ1n) is 22.1. The molecule has 3 heterocycles. The lowest BCUT2D eigenvalue weighted by atomic mass is 9.59. The van der Waals surface area contributed by atoms with Gasteiger partial charge in [0.25, 0.3) is 35.8 Å². The molecular formula is C46H64B3I3O16. The molecule has 0 aromatic heterocycles. The quantitative estimate of drug-likeness (QED) is 0.0481. The molecule has 22 heteroatoms. The van der Waals surface area contributed by atoms with Gasteiger partial charge in [0.15, 0.2) is 0 Å². The van der Waals surface area contributed by atoms with E-state index in [2.05, 4.69) is 56.1 Å². The second kappa shape index (κ2) is 40.6. The van der Waals surface area contributed by atoms with E-state index < -0.39 is 31.6 Å². The first kappa shape index (κ1) is 65.8. The zero-order valence-electron chi connectivity index (χ0n) is 38.9. The smallest absolute Gasteiger partial charge is 0.575 e. The molecule has 0 unspecified atom stereocenters. The average Bonchev–Trinajstić information content (AvgIpc) is 3.23. The van der Waals surface area contributed by atoms with E-state index in [0.29, 0.717) is 25.7 Å². The highest BCUT2D eigenvalue weighted by atomic mass is 127. The van der Waals surface area contributed by atoms with Crippen LogP contribution in [0.2, 0.25) is 0 Å². The van der Waals surface area contributed by atoms with Crippen molar-refractivity contribution in [3.63, 3.8) is 0 Å². The van der Waals surface area contributed by atoms with Crippen LogP contribution in [0.4, 0.5) is 0 Å². The van der Waals surface area contributed by atoms with E-state index in [1.54, 1.807) is 20.2 Å². The van der Waals surface area contributed by atoms with Gasteiger partial charge in [0.05, 0.1) is 0 Å². The Bertz CT molecular complexity index is 1720. The molecule has 0 aromatic rings. The van der Waals surface area contributed by atoms with Crippen molar-refractivity contribution in [1.82, 2.24) is 0 Å². The Balaban J connectivity index is 0. The van der Waals surface area contributed by atoms with Gasteiger partial charge in [-0.1, -0.05) is 156 Å². The molecule has 68 heavy (non-hydrogen) atoms. The molecule has 3 aliphatic rings. The summed E-state index contributed by atoms with van der Waals surface area (Å²) in [5, 5.41) is 16.6. The maximum atomic E-state index is 11.2. The van der Waals surface area contributed by atoms with Crippen molar-refractivity contribution in [3.8, 4) is 0 Å². The van der Waals surface area contributed by atoms with E-state index in [4.69, 9.17) is 38.1 Å². The fourth-order valence-electron chi connectivity index (χ4n) is 5.14. The van der Waals surface area contributed by atoms with Crippen LogP contribution in [0.1, 0.15) is 123 Å². The number of aliphatic carboxylic acids is 2. The van der Waals surface area contributed by atoms with Crippen molar-refractivity contribution in [1.29, 1.82) is 0 Å². The van der Waals surface area contributed by atoms with E-state index in [1.165, 1.54) is 12.0 Å². The second-order valence-electron chi connectivity index (χ2n) is 14.8. The van der Waals surface area contributed by atoms with Crippen molar-refractivity contribution >= 4 is 135 Å². The molecule has 0 amide bonds. The topological polar surface area (TPSA) is 232 Å². The fourth-order valence-corrected chi connectivity index (χ4v) is 6.77. The number of rotatable bonds is 16. The van der Waals surface area contributed by atoms with Crippen LogP contribution >= 0.6 is 67.8 Å². The maximum Gasteiger partial charge on any atom is 0.575 e. The predicted octanol–water partition coefficient (Wildman–Crippen LogP) is 10.8. The maximum absolute atomic E-state index is 11.2. The summed E-state index contributed by atoms with van der Waals surface area (Å²) in [5.41, 5.74) is 0. The third kappa shape index (κ3) is 39.6. The Morgan fingerprint density at radius 2 is 0.765 bits per heavy atom. The Labute approximate surface area is 442 Å². The monoisotopic (exact) mass is 1290 g/mol. The van der Waals surface area contributed by atoms with Gasteiger partial charge in [-0.05, 0) is 82.3 Å². The molecule has 2 N–H and O–H groups in total. The molecule has 3 rings (SSSR count). The molecular weight excluding hydrogens is 1220 g/mol. The zero-order chi connectivity index (χ0) is 51.7. The van der Waals surface area contributed by atoms with Gasteiger partial charge < -0.3 is 38.1 Å². The lowest BCUT2D eigenvalue weighted by molar-refractivity contribution is -0.145. The van der Waals surface area contributed by atoms with Crippen molar-refractivity contribution in [2.45, 2.75) is 123 Å². The van der Waals surface area contributed by atoms with Crippen LogP contribution in [0, 0.1) is 20.5 Å². The van der Waals surface area contributed by atoms with Gasteiger partial charge in [0, 0.05) is 51.4 Å². The normalized spacial score (nSPS) is 18.3. The minimum Gasteiger partial charge on any atom is -0.613 e. The van der Waals surface area contributed by atoms with E-state index >= 15 is 0 Å². The molecule has 0 radical (unpaired) electrons. The molecule has 16 nitrogen and oxygen atoms in total. The molecule has 0 atom stereocenters. The van der Waals surface area contributed by atoms with Gasteiger partial charge in [0.1, 0.15) is 0 Å². The van der Waals surface area contributed by atoms with E-state index in [9.17, 15) is 38.4 Å². The SMILES string of the molecule is CC/C=C/C=C/C=C/C=C/CCCC(=O)O.O=C(O)CCC/C=C/I.[CH2+][B-]1(/C=C/CC)OC(=O)CCCC(=O)O1.[CH2+][B-]1(/C=C/I)OC(=O)CCCC(=O)O1.[CH2+][B-]1(/C=C/I)OC(=O)CCCC(=O)O1. The van der Waals surface area contributed by atoms with Crippen LogP contribution in [-0.4, -0.2) is 77.6 Å². The third-order valence-corrected chi connectivity index (χ3v) is 9.68. The molecule has 3 saturated heterocycles. The molecule has 0 saturated carbocycles. The van der Waals surface area contributed by atoms with Gasteiger partial charge in [-0.2, -0.15) is 0 Å². The van der Waals surface area contributed by atoms with Crippen LogP contribution in [0.15, 0.2) is 90.9 Å². The number of unbranched alkanes of at least 4 members (excludes halogenated alkanes) is 2. The number of hydrogen-bond acceptors (Lipinski definition) is 14. The molecule has 0 aliphatic carbocycles. The Hall–Kier alpha value is -4.33. The van der Waals surface area contributed by atoms with Crippen molar-refractivity contribution in [2.75, 3.05) is 0 Å². The first-order valence-corrected chi connectivity index (χ1v) is 25.9. The minimum absolute atomic E-state index is 0.239. The van der Waals surface area contributed by atoms with Crippen molar-refractivity contribution in [2.24, 2.45) is 0 Å². The number of allylic oxidation sites excluding steroid dienone is 10. The summed E-state index contributed by atoms with van der Waals surface area (Å²) in [4.78, 5) is 87.3. The average molecular weight is 1290 g/mol. The van der Waals surface area contributed by atoms with E-state index in [1.807, 2.05) is 105 Å². The van der Waals surface area contributed by atoms with Gasteiger partial charge in [-0.3, -0.25) is 38.4 Å². The molecule has 374 valence electrons. The number of hydrogen-bond donors (Lipinski definition) is 2. The molecule has 3 aliphatic heterocycles. The summed E-state index contributed by atoms with van der Waals surface area (Å²) in [5.74, 6) is 0.876. The Morgan fingerprint density at radius 1 is 0.471 bits per heavy atom. The molecule has 0 aromatic carbocycles. The van der Waals surface area contributed by atoms with Crippen LogP contribution in [-0.2, 0) is 66.3 Å². The van der Waals surface area contributed by atoms with Crippen molar-refractivity contribution in [3.05, 3.63) is 111 Å². The predicted molar refractivity (Wildman–Crippen MR) is 290 cm³/mol.